The molecule has 0 spiro atoms. The van der Waals surface area contributed by atoms with Gasteiger partial charge < -0.3 is 4.74 Å². The first kappa shape index (κ1) is 13.0. The summed E-state index contributed by atoms with van der Waals surface area (Å²) in [6.07, 6.45) is 0. The minimum absolute atomic E-state index is 0.0554. The smallest absolute Gasteiger partial charge is 0.238 e. The summed E-state index contributed by atoms with van der Waals surface area (Å²) in [4.78, 5) is 4.27. The lowest BCUT2D eigenvalue weighted by molar-refractivity contribution is 0.483. The summed E-state index contributed by atoms with van der Waals surface area (Å²) in [6, 6.07) is 11.5. The van der Waals surface area contributed by atoms with E-state index in [4.69, 9.17) is 9.88 Å². The highest BCUT2D eigenvalue weighted by molar-refractivity contribution is 7.89. The summed E-state index contributed by atoms with van der Waals surface area (Å²) in [7, 11) is -3.68. The number of hydrogen-bond donors (Lipinski definition) is 1. The molecule has 2 N–H and O–H groups in total. The normalized spacial score (nSPS) is 11.7. The average Bonchev–Trinajstić information content (AvgIpc) is 2.86. The molecule has 0 radical (unpaired) electrons. The molecule has 20 heavy (non-hydrogen) atoms. The van der Waals surface area contributed by atoms with Crippen LogP contribution in [0.3, 0.4) is 0 Å². The highest BCUT2D eigenvalue weighted by Gasteiger charge is 2.07. The Morgan fingerprint density at radius 2 is 1.75 bits per heavy atom. The van der Waals surface area contributed by atoms with Gasteiger partial charge in [-0.15, -0.1) is 11.3 Å². The minimum atomic E-state index is -3.68. The van der Waals surface area contributed by atoms with Gasteiger partial charge in [-0.25, -0.2) is 18.5 Å². The molecule has 0 aliphatic carbocycles. The zero-order valence-corrected chi connectivity index (χ0v) is 11.8. The number of nitrogens with two attached hydrogens (primary N) is 1. The molecule has 0 amide bonds. The molecule has 3 rings (SSSR count). The van der Waals surface area contributed by atoms with Crippen LogP contribution < -0.4 is 9.88 Å². The van der Waals surface area contributed by atoms with Crippen LogP contribution in [0.4, 0.5) is 0 Å². The summed E-state index contributed by atoms with van der Waals surface area (Å²) in [6.45, 7) is 0. The van der Waals surface area contributed by atoms with Gasteiger partial charge in [0, 0.05) is 6.07 Å². The maximum Gasteiger partial charge on any atom is 0.238 e. The van der Waals surface area contributed by atoms with Crippen molar-refractivity contribution in [3.63, 3.8) is 0 Å². The summed E-state index contributed by atoms with van der Waals surface area (Å²) >= 11 is 1.56. The van der Waals surface area contributed by atoms with Crippen molar-refractivity contribution in [1.29, 1.82) is 0 Å². The van der Waals surface area contributed by atoms with Gasteiger partial charge in [0.15, 0.2) is 0 Å². The van der Waals surface area contributed by atoms with Gasteiger partial charge in [-0.2, -0.15) is 0 Å². The van der Waals surface area contributed by atoms with E-state index in [0.29, 0.717) is 11.5 Å². The number of sulfonamides is 1. The van der Waals surface area contributed by atoms with Crippen molar-refractivity contribution in [3.05, 3.63) is 48.0 Å². The summed E-state index contributed by atoms with van der Waals surface area (Å²) in [5.41, 5.74) is 2.64. The fraction of sp³-hybridized carbons (Fsp3) is 0. The van der Waals surface area contributed by atoms with E-state index in [1.807, 2.05) is 18.2 Å². The molecule has 0 saturated heterocycles. The van der Waals surface area contributed by atoms with Crippen LogP contribution >= 0.6 is 11.3 Å². The second-order valence-corrected chi connectivity index (χ2v) is 6.55. The number of hydrogen-bond acceptors (Lipinski definition) is 5. The van der Waals surface area contributed by atoms with Crippen LogP contribution in [0.5, 0.6) is 11.5 Å². The van der Waals surface area contributed by atoms with Crippen LogP contribution in [-0.2, 0) is 10.0 Å². The highest BCUT2D eigenvalue weighted by Crippen LogP contribution is 2.27. The molecule has 1 heterocycles. The molecule has 0 saturated carbocycles. The number of primary sulfonamides is 1. The summed E-state index contributed by atoms with van der Waals surface area (Å²) in [5, 5.41) is 5.03. The first-order valence-corrected chi connectivity index (χ1v) is 8.09. The first-order chi connectivity index (χ1) is 9.52. The molecule has 0 bridgehead atoms. The molecule has 1 aromatic heterocycles. The van der Waals surface area contributed by atoms with Gasteiger partial charge in [0.05, 0.1) is 20.6 Å². The summed E-state index contributed by atoms with van der Waals surface area (Å²) < 4.78 is 29.0. The third kappa shape index (κ3) is 2.64. The lowest BCUT2D eigenvalue weighted by Gasteiger charge is -2.06. The maximum absolute atomic E-state index is 11.1. The highest BCUT2D eigenvalue weighted by atomic mass is 32.2. The van der Waals surface area contributed by atoms with E-state index in [2.05, 4.69) is 4.98 Å². The zero-order valence-electron chi connectivity index (χ0n) is 10.2. The topological polar surface area (TPSA) is 82.3 Å². The fourth-order valence-electron chi connectivity index (χ4n) is 1.73. The molecule has 3 aromatic rings. The number of benzene rings is 2. The van der Waals surface area contributed by atoms with Gasteiger partial charge >= 0.3 is 0 Å². The number of fused-ring (bicyclic) bond motifs is 1. The van der Waals surface area contributed by atoms with Crippen molar-refractivity contribution in [2.45, 2.75) is 4.90 Å². The largest absolute Gasteiger partial charge is 0.457 e. The Hall–Kier alpha value is -1.96. The Balaban J connectivity index is 1.87. The zero-order chi connectivity index (χ0) is 14.2. The van der Waals surface area contributed by atoms with E-state index in [-0.39, 0.29) is 4.90 Å². The van der Waals surface area contributed by atoms with Crippen LogP contribution in [0, 0.1) is 0 Å². The van der Waals surface area contributed by atoms with Crippen molar-refractivity contribution < 1.29 is 13.2 Å². The molecule has 0 aliphatic rings. The van der Waals surface area contributed by atoms with Gasteiger partial charge in [0.1, 0.15) is 11.5 Å². The summed E-state index contributed by atoms with van der Waals surface area (Å²) in [5.74, 6) is 1.18. The quantitative estimate of drug-likeness (QED) is 0.806. The monoisotopic (exact) mass is 306 g/mol. The number of aromatic nitrogens is 1. The predicted octanol–water partition coefficient (Wildman–Crippen LogP) is 2.74. The number of rotatable bonds is 3. The molecule has 7 heteroatoms. The molecule has 102 valence electrons. The van der Waals surface area contributed by atoms with E-state index >= 15 is 0 Å². The van der Waals surface area contributed by atoms with E-state index in [1.165, 1.54) is 12.1 Å². The fourth-order valence-corrected chi connectivity index (χ4v) is 2.91. The molecular weight excluding hydrogens is 296 g/mol. The molecule has 0 unspecified atom stereocenters. The Labute approximate surface area is 119 Å². The van der Waals surface area contributed by atoms with Crippen LogP contribution in [0.1, 0.15) is 0 Å². The lowest BCUT2D eigenvalue weighted by Crippen LogP contribution is -2.11. The van der Waals surface area contributed by atoms with Crippen LogP contribution in [0.15, 0.2) is 52.9 Å². The van der Waals surface area contributed by atoms with Gasteiger partial charge in [-0.1, -0.05) is 0 Å². The molecule has 2 aromatic carbocycles. The van der Waals surface area contributed by atoms with Gasteiger partial charge in [0.25, 0.3) is 0 Å². The maximum atomic E-state index is 11.1. The van der Waals surface area contributed by atoms with Crippen LogP contribution in [0.25, 0.3) is 10.2 Å². The Morgan fingerprint density at radius 3 is 2.45 bits per heavy atom. The predicted molar refractivity (Wildman–Crippen MR) is 77.5 cm³/mol. The molecule has 0 atom stereocenters. The molecular formula is C13H10N2O3S2. The van der Waals surface area contributed by atoms with Crippen molar-refractivity contribution in [1.82, 2.24) is 4.98 Å². The minimum Gasteiger partial charge on any atom is -0.457 e. The van der Waals surface area contributed by atoms with E-state index in [0.717, 1.165) is 10.2 Å². The number of thiazole rings is 1. The van der Waals surface area contributed by atoms with Crippen LogP contribution in [0.2, 0.25) is 0 Å². The van der Waals surface area contributed by atoms with E-state index < -0.39 is 10.0 Å². The van der Waals surface area contributed by atoms with Crippen molar-refractivity contribution in [2.24, 2.45) is 5.14 Å². The number of nitrogens with zero attached hydrogens (tertiary/aromatic N) is 1. The van der Waals surface area contributed by atoms with Gasteiger partial charge in [0.2, 0.25) is 10.0 Å². The Morgan fingerprint density at radius 1 is 1.05 bits per heavy atom. The second kappa shape index (κ2) is 4.86. The van der Waals surface area contributed by atoms with Crippen molar-refractivity contribution >= 4 is 31.6 Å². The third-order valence-electron chi connectivity index (χ3n) is 2.69. The van der Waals surface area contributed by atoms with Gasteiger partial charge in [-0.3, -0.25) is 0 Å². The SMILES string of the molecule is NS(=O)(=O)c1ccc(Oc2ccc3scnc3c2)cc1. The lowest BCUT2D eigenvalue weighted by atomic mass is 10.3. The standard InChI is InChI=1S/C13H10N2O3S2/c14-20(16,17)11-4-1-9(2-5-11)18-10-3-6-13-12(7-10)15-8-19-13/h1-8H,(H2,14,16,17). The third-order valence-corrected chi connectivity index (χ3v) is 4.43. The second-order valence-electron chi connectivity index (χ2n) is 4.10. The first-order valence-electron chi connectivity index (χ1n) is 5.66. The Bertz CT molecular complexity index is 855. The number of ether oxygens (including phenoxy) is 1. The van der Waals surface area contributed by atoms with Crippen molar-refractivity contribution in [2.75, 3.05) is 0 Å². The van der Waals surface area contributed by atoms with Crippen LogP contribution in [-0.4, -0.2) is 13.4 Å². The van der Waals surface area contributed by atoms with E-state index in [9.17, 15) is 8.42 Å². The average molecular weight is 306 g/mol. The molecule has 0 aliphatic heterocycles. The molecule has 5 nitrogen and oxygen atoms in total. The van der Waals surface area contributed by atoms with Crippen molar-refractivity contribution in [3.8, 4) is 11.5 Å². The molecule has 0 fully saturated rings. The Kier molecular flexibility index (Phi) is 3.17. The van der Waals surface area contributed by atoms with E-state index in [1.54, 1.807) is 29.0 Å². The van der Waals surface area contributed by atoms with Gasteiger partial charge in [-0.05, 0) is 36.4 Å².